The Kier molecular flexibility index (Phi) is 5.94. The van der Waals surface area contributed by atoms with Crippen molar-refractivity contribution in [1.82, 2.24) is 30.0 Å². The highest BCUT2D eigenvalue weighted by atomic mass is 19.4. The van der Waals surface area contributed by atoms with Gasteiger partial charge in [0.2, 0.25) is 0 Å². The van der Waals surface area contributed by atoms with Gasteiger partial charge in [0.25, 0.3) is 11.8 Å². The summed E-state index contributed by atoms with van der Waals surface area (Å²) in [6.07, 6.45) is -0.534. The average molecular weight is 498 g/mol. The Hall–Kier alpha value is -4.22. The summed E-state index contributed by atoms with van der Waals surface area (Å²) < 4.78 is 47.9. The highest BCUT2D eigenvalue weighted by Crippen LogP contribution is 2.36. The third-order valence-electron chi connectivity index (χ3n) is 6.07. The Morgan fingerprint density at radius 2 is 1.83 bits per heavy atom. The first-order chi connectivity index (χ1) is 17.2. The normalized spacial score (nSPS) is 15.9. The van der Waals surface area contributed by atoms with E-state index in [2.05, 4.69) is 25.1 Å². The number of carbonyl (C=O) groups excluding carboxylic acids is 1. The van der Waals surface area contributed by atoms with Crippen molar-refractivity contribution < 1.29 is 27.2 Å². The first-order valence-electron chi connectivity index (χ1n) is 11.2. The summed E-state index contributed by atoms with van der Waals surface area (Å²) in [4.78, 5) is 21.1. The first kappa shape index (κ1) is 23.5. The summed E-state index contributed by atoms with van der Waals surface area (Å²) >= 11 is 0. The molecule has 3 heterocycles. The summed E-state index contributed by atoms with van der Waals surface area (Å²) in [5, 5.41) is 12.4. The number of aryl methyl sites for hydroxylation is 2. The molecule has 1 aliphatic heterocycles. The van der Waals surface area contributed by atoms with E-state index in [1.807, 2.05) is 19.9 Å². The number of alkyl halides is 3. The Bertz CT molecular complexity index is 1400. The minimum atomic E-state index is -4.87. The van der Waals surface area contributed by atoms with E-state index in [0.29, 0.717) is 30.6 Å². The standard InChI is InChI=1S/C24H21F3N6O3/c1-14-12-17(19(13-15(14)2)33-28-9-10-29-33)23(34)32-11-5-7-18(32)21-30-22(36-31-21)16-6-3-4-8-20(16)35-24(25,26)27/h3-4,6,8-10,12-13,18H,5,7,11H2,1-2H3/t18-/m0/s1. The summed E-state index contributed by atoms with van der Waals surface area (Å²) in [7, 11) is 0. The lowest BCUT2D eigenvalue weighted by Gasteiger charge is -2.24. The molecule has 186 valence electrons. The van der Waals surface area contributed by atoms with Crippen LogP contribution in [-0.2, 0) is 0 Å². The van der Waals surface area contributed by atoms with Crippen molar-refractivity contribution in [1.29, 1.82) is 0 Å². The highest BCUT2D eigenvalue weighted by Gasteiger charge is 2.36. The second-order valence-corrected chi connectivity index (χ2v) is 8.43. The lowest BCUT2D eigenvalue weighted by Crippen LogP contribution is -2.32. The quantitative estimate of drug-likeness (QED) is 0.389. The van der Waals surface area contributed by atoms with Crippen molar-refractivity contribution in [3.8, 4) is 22.9 Å². The number of hydrogen-bond donors (Lipinski definition) is 0. The summed E-state index contributed by atoms with van der Waals surface area (Å²) in [6.45, 7) is 4.32. The topological polar surface area (TPSA) is 99.2 Å². The maximum absolute atomic E-state index is 13.7. The van der Waals surface area contributed by atoms with Crippen LogP contribution in [0.2, 0.25) is 0 Å². The van der Waals surface area contributed by atoms with Crippen LogP contribution < -0.4 is 4.74 Å². The molecule has 5 rings (SSSR count). The van der Waals surface area contributed by atoms with Crippen LogP contribution in [0.15, 0.2) is 53.3 Å². The maximum atomic E-state index is 13.7. The number of ether oxygens (including phenoxy) is 1. The van der Waals surface area contributed by atoms with Gasteiger partial charge in [-0.1, -0.05) is 17.3 Å². The number of aromatic nitrogens is 5. The van der Waals surface area contributed by atoms with E-state index in [0.717, 1.165) is 11.1 Å². The van der Waals surface area contributed by atoms with Gasteiger partial charge in [0, 0.05) is 6.54 Å². The molecule has 0 spiro atoms. The van der Waals surface area contributed by atoms with E-state index in [4.69, 9.17) is 4.52 Å². The van der Waals surface area contributed by atoms with Gasteiger partial charge in [0.05, 0.1) is 35.2 Å². The van der Waals surface area contributed by atoms with Crippen LogP contribution in [0.25, 0.3) is 17.1 Å². The van der Waals surface area contributed by atoms with Crippen molar-refractivity contribution in [2.75, 3.05) is 6.54 Å². The van der Waals surface area contributed by atoms with Crippen LogP contribution in [0.1, 0.15) is 46.2 Å². The van der Waals surface area contributed by atoms with Gasteiger partial charge in [-0.2, -0.15) is 20.0 Å². The van der Waals surface area contributed by atoms with E-state index in [1.165, 1.54) is 35.4 Å². The van der Waals surface area contributed by atoms with Gasteiger partial charge in [-0.05, 0) is 62.1 Å². The molecule has 2 aromatic carbocycles. The third kappa shape index (κ3) is 4.53. The number of amides is 1. The van der Waals surface area contributed by atoms with Crippen molar-refractivity contribution in [3.63, 3.8) is 0 Å². The molecule has 12 heteroatoms. The molecule has 1 amide bonds. The number of benzene rings is 2. The van der Waals surface area contributed by atoms with Crippen LogP contribution in [0.5, 0.6) is 5.75 Å². The SMILES string of the molecule is Cc1cc(C(=O)N2CCC[C@H]2c2noc(-c3ccccc3OC(F)(F)F)n2)c(-n2nccn2)cc1C. The van der Waals surface area contributed by atoms with Crippen LogP contribution >= 0.6 is 0 Å². The maximum Gasteiger partial charge on any atom is 0.573 e. The van der Waals surface area contributed by atoms with Gasteiger partial charge in [-0.15, -0.1) is 13.2 Å². The van der Waals surface area contributed by atoms with Crippen LogP contribution in [0.4, 0.5) is 13.2 Å². The zero-order chi connectivity index (χ0) is 25.4. The second kappa shape index (κ2) is 9.10. The lowest BCUT2D eigenvalue weighted by molar-refractivity contribution is -0.274. The molecule has 2 aromatic heterocycles. The molecule has 1 fully saturated rings. The minimum absolute atomic E-state index is 0.00523. The predicted molar refractivity (Wildman–Crippen MR) is 120 cm³/mol. The Labute approximate surface area is 203 Å². The van der Waals surface area contributed by atoms with E-state index in [9.17, 15) is 18.0 Å². The number of halogens is 3. The van der Waals surface area contributed by atoms with Gasteiger partial charge in [0.1, 0.15) is 5.75 Å². The fraction of sp³-hybridized carbons (Fsp3) is 0.292. The van der Waals surface area contributed by atoms with Crippen LogP contribution in [-0.4, -0.2) is 48.8 Å². The van der Waals surface area contributed by atoms with Gasteiger partial charge < -0.3 is 14.2 Å². The molecule has 1 saturated heterocycles. The van der Waals surface area contributed by atoms with Crippen molar-refractivity contribution in [3.05, 3.63) is 71.3 Å². The van der Waals surface area contributed by atoms with Gasteiger partial charge in [-0.25, -0.2) is 0 Å². The summed E-state index contributed by atoms with van der Waals surface area (Å²) in [6, 6.07) is 8.67. The molecule has 0 aliphatic carbocycles. The van der Waals surface area contributed by atoms with E-state index < -0.39 is 18.2 Å². The fourth-order valence-electron chi connectivity index (χ4n) is 4.25. The molecule has 4 aromatic rings. The molecule has 9 nitrogen and oxygen atoms in total. The Morgan fingerprint density at radius 3 is 2.58 bits per heavy atom. The van der Waals surface area contributed by atoms with Crippen LogP contribution in [0.3, 0.4) is 0 Å². The molecule has 0 radical (unpaired) electrons. The van der Waals surface area contributed by atoms with Crippen molar-refractivity contribution in [2.24, 2.45) is 0 Å². The molecule has 1 aliphatic rings. The fourth-order valence-corrected chi connectivity index (χ4v) is 4.25. The largest absolute Gasteiger partial charge is 0.573 e. The van der Waals surface area contributed by atoms with E-state index >= 15 is 0 Å². The zero-order valence-corrected chi connectivity index (χ0v) is 19.4. The monoisotopic (exact) mass is 498 g/mol. The molecule has 0 saturated carbocycles. The average Bonchev–Trinajstić information content (AvgIpc) is 3.60. The predicted octanol–water partition coefficient (Wildman–Crippen LogP) is 4.81. The Balaban J connectivity index is 1.47. The summed E-state index contributed by atoms with van der Waals surface area (Å²) in [5.74, 6) is -0.622. The second-order valence-electron chi connectivity index (χ2n) is 8.43. The molecule has 0 bridgehead atoms. The van der Waals surface area contributed by atoms with Gasteiger partial charge >= 0.3 is 6.36 Å². The molecular weight excluding hydrogens is 477 g/mol. The van der Waals surface area contributed by atoms with Gasteiger partial charge in [0.15, 0.2) is 5.82 Å². The molecule has 1 atom stereocenters. The van der Waals surface area contributed by atoms with Crippen LogP contribution in [0, 0.1) is 13.8 Å². The number of nitrogens with zero attached hydrogens (tertiary/aromatic N) is 6. The molecular formula is C24H21F3N6O3. The number of rotatable bonds is 5. The smallest absolute Gasteiger partial charge is 0.405 e. The number of para-hydroxylation sites is 1. The molecule has 0 N–H and O–H groups in total. The Morgan fingerprint density at radius 1 is 1.11 bits per heavy atom. The first-order valence-corrected chi connectivity index (χ1v) is 11.2. The number of hydrogen-bond acceptors (Lipinski definition) is 7. The number of likely N-dealkylation sites (tertiary alicyclic amines) is 1. The van der Waals surface area contributed by atoms with E-state index in [-0.39, 0.29) is 23.2 Å². The lowest BCUT2D eigenvalue weighted by atomic mass is 10.0. The van der Waals surface area contributed by atoms with E-state index in [1.54, 1.807) is 17.0 Å². The highest BCUT2D eigenvalue weighted by molar-refractivity contribution is 5.98. The van der Waals surface area contributed by atoms with Gasteiger partial charge in [-0.3, -0.25) is 4.79 Å². The third-order valence-corrected chi connectivity index (χ3v) is 6.07. The molecule has 0 unspecified atom stereocenters. The summed E-state index contributed by atoms with van der Waals surface area (Å²) in [5.41, 5.74) is 2.90. The zero-order valence-electron chi connectivity index (χ0n) is 19.4. The molecule has 36 heavy (non-hydrogen) atoms. The number of carbonyl (C=O) groups is 1. The van der Waals surface area contributed by atoms with Crippen molar-refractivity contribution >= 4 is 5.91 Å². The minimum Gasteiger partial charge on any atom is -0.405 e. The van der Waals surface area contributed by atoms with Crippen molar-refractivity contribution in [2.45, 2.75) is 39.1 Å².